The fraction of sp³-hybridized carbons (Fsp3) is 0.875. The van der Waals surface area contributed by atoms with Crippen LogP contribution in [0.2, 0.25) is 0 Å². The zero-order valence-electron chi connectivity index (χ0n) is 8.83. The predicted octanol–water partition coefficient (Wildman–Crippen LogP) is 0.579. The molecule has 13 heavy (non-hydrogen) atoms. The van der Waals surface area contributed by atoms with Crippen LogP contribution >= 0.6 is 0 Å². The van der Waals surface area contributed by atoms with Crippen molar-refractivity contribution >= 4 is 17.1 Å². The average Bonchev–Trinajstić information content (AvgIpc) is 1.83. The minimum Gasteiger partial charge on any atom is -0.617 e. The smallest absolute Gasteiger partial charge is 0.302 e. The Morgan fingerprint density at radius 1 is 1.54 bits per heavy atom. The van der Waals surface area contributed by atoms with Crippen molar-refractivity contribution < 1.29 is 18.8 Å². The molecule has 0 heterocycles. The fourth-order valence-electron chi connectivity index (χ4n) is 0.552. The van der Waals surface area contributed by atoms with Gasteiger partial charge in [0.2, 0.25) is 0 Å². The van der Waals surface area contributed by atoms with E-state index in [0.717, 1.165) is 0 Å². The zero-order chi connectivity index (χ0) is 10.9. The molecule has 1 atom stereocenters. The Kier molecular flexibility index (Phi) is 11.5. The molecule has 80 valence electrons. The quantitative estimate of drug-likeness (QED) is 0.505. The molecule has 0 fully saturated rings. The SMILES string of the molecule is COCC(C)OC(C)=O.C[S+](C)[O-]. The van der Waals surface area contributed by atoms with Crippen LogP contribution in [0.1, 0.15) is 13.8 Å². The lowest BCUT2D eigenvalue weighted by Crippen LogP contribution is -2.17. The molecule has 0 amide bonds. The van der Waals surface area contributed by atoms with E-state index < -0.39 is 11.2 Å². The summed E-state index contributed by atoms with van der Waals surface area (Å²) in [5, 5.41) is 0. The summed E-state index contributed by atoms with van der Waals surface area (Å²) in [7, 11) is 1.57. The molecular formula is C8H18O4S. The van der Waals surface area contributed by atoms with Gasteiger partial charge in [0.05, 0.1) is 19.1 Å². The number of esters is 1. The Morgan fingerprint density at radius 3 is 2.15 bits per heavy atom. The highest BCUT2D eigenvalue weighted by molar-refractivity contribution is 7.89. The third kappa shape index (κ3) is 24.5. The normalized spacial score (nSPS) is 11.6. The number of ether oxygens (including phenoxy) is 2. The summed E-state index contributed by atoms with van der Waals surface area (Å²) >= 11 is -0.611. The Labute approximate surface area is 82.8 Å². The molecule has 0 aliphatic rings. The second kappa shape index (κ2) is 9.83. The lowest BCUT2D eigenvalue weighted by atomic mass is 10.4. The Hall–Kier alpha value is -0.260. The van der Waals surface area contributed by atoms with Gasteiger partial charge in [0.25, 0.3) is 0 Å². The van der Waals surface area contributed by atoms with Gasteiger partial charge in [0.15, 0.2) is 0 Å². The van der Waals surface area contributed by atoms with Crippen LogP contribution in [-0.4, -0.2) is 42.9 Å². The molecule has 0 aromatic carbocycles. The Bertz CT molecular complexity index is 125. The fourth-order valence-corrected chi connectivity index (χ4v) is 0.552. The zero-order valence-corrected chi connectivity index (χ0v) is 9.64. The molecule has 0 aliphatic carbocycles. The minimum atomic E-state index is -0.611. The summed E-state index contributed by atoms with van der Waals surface area (Å²) in [5.41, 5.74) is 0. The van der Waals surface area contributed by atoms with Gasteiger partial charge in [-0.1, -0.05) is 11.2 Å². The summed E-state index contributed by atoms with van der Waals surface area (Å²) in [6.45, 7) is 3.62. The van der Waals surface area contributed by atoms with Crippen molar-refractivity contribution in [2.75, 3.05) is 26.2 Å². The molecule has 0 saturated carbocycles. The first kappa shape index (κ1) is 15.2. The van der Waals surface area contributed by atoms with E-state index in [9.17, 15) is 9.35 Å². The molecule has 0 bridgehead atoms. The third-order valence-corrected chi connectivity index (χ3v) is 0.769. The predicted molar refractivity (Wildman–Crippen MR) is 53.1 cm³/mol. The van der Waals surface area contributed by atoms with Gasteiger partial charge in [0.1, 0.15) is 6.10 Å². The molecule has 0 spiro atoms. The van der Waals surface area contributed by atoms with Gasteiger partial charge in [-0.15, -0.1) is 0 Å². The van der Waals surface area contributed by atoms with Gasteiger partial charge < -0.3 is 14.0 Å². The number of hydrogen-bond donors (Lipinski definition) is 0. The first-order valence-electron chi connectivity index (χ1n) is 3.81. The molecule has 0 N–H and O–H groups in total. The van der Waals surface area contributed by atoms with Crippen LogP contribution in [-0.2, 0) is 25.4 Å². The van der Waals surface area contributed by atoms with Crippen molar-refractivity contribution in [1.29, 1.82) is 0 Å². The first-order chi connectivity index (χ1) is 5.90. The van der Waals surface area contributed by atoms with Gasteiger partial charge in [0, 0.05) is 14.0 Å². The van der Waals surface area contributed by atoms with Crippen LogP contribution in [0.15, 0.2) is 0 Å². The van der Waals surface area contributed by atoms with Crippen molar-refractivity contribution in [3.8, 4) is 0 Å². The van der Waals surface area contributed by atoms with E-state index in [2.05, 4.69) is 0 Å². The highest BCUT2D eigenvalue weighted by Gasteiger charge is 2.02. The number of rotatable bonds is 3. The molecule has 0 aliphatic heterocycles. The van der Waals surface area contributed by atoms with Gasteiger partial charge in [-0.2, -0.15) is 0 Å². The number of carbonyl (C=O) groups is 1. The molecule has 0 saturated heterocycles. The van der Waals surface area contributed by atoms with Crippen molar-refractivity contribution in [3.63, 3.8) is 0 Å². The second-order valence-corrected chi connectivity index (χ2v) is 4.10. The number of hydrogen-bond acceptors (Lipinski definition) is 4. The van der Waals surface area contributed by atoms with Crippen LogP contribution in [0.5, 0.6) is 0 Å². The van der Waals surface area contributed by atoms with E-state index in [4.69, 9.17) is 9.47 Å². The van der Waals surface area contributed by atoms with Crippen molar-refractivity contribution in [1.82, 2.24) is 0 Å². The van der Waals surface area contributed by atoms with Gasteiger partial charge in [-0.05, 0) is 6.92 Å². The standard InChI is InChI=1S/C6H12O3.C2H6OS/c1-5(4-8-3)9-6(2)7;1-4(2)3/h5H,4H2,1-3H3;1-2H3. The average molecular weight is 210 g/mol. The maximum absolute atomic E-state index is 10.3. The molecule has 0 aromatic heterocycles. The molecule has 0 aromatic rings. The summed E-state index contributed by atoms with van der Waals surface area (Å²) in [6.07, 6.45) is 3.15. The Balaban J connectivity index is 0. The topological polar surface area (TPSA) is 58.6 Å². The highest BCUT2D eigenvalue weighted by Crippen LogP contribution is 1.90. The molecule has 4 nitrogen and oxygen atoms in total. The van der Waals surface area contributed by atoms with E-state index in [-0.39, 0.29) is 12.1 Å². The molecule has 0 rings (SSSR count). The van der Waals surface area contributed by atoms with E-state index in [1.807, 2.05) is 0 Å². The largest absolute Gasteiger partial charge is 0.617 e. The van der Waals surface area contributed by atoms with Crippen molar-refractivity contribution in [3.05, 3.63) is 0 Å². The first-order valence-corrected chi connectivity index (χ1v) is 5.78. The van der Waals surface area contributed by atoms with Crippen LogP contribution in [0, 0.1) is 0 Å². The Morgan fingerprint density at radius 2 is 1.92 bits per heavy atom. The number of methoxy groups -OCH3 is 1. The molecular weight excluding hydrogens is 192 g/mol. The van der Waals surface area contributed by atoms with Crippen LogP contribution in [0.25, 0.3) is 0 Å². The van der Waals surface area contributed by atoms with Gasteiger partial charge in [-0.3, -0.25) is 4.79 Å². The van der Waals surface area contributed by atoms with Gasteiger partial charge >= 0.3 is 5.97 Å². The summed E-state index contributed by atoms with van der Waals surface area (Å²) in [5.74, 6) is -0.264. The third-order valence-electron chi connectivity index (χ3n) is 0.769. The van der Waals surface area contributed by atoms with Crippen LogP contribution in [0.3, 0.4) is 0 Å². The van der Waals surface area contributed by atoms with Gasteiger partial charge in [-0.25, -0.2) is 0 Å². The molecule has 0 radical (unpaired) electrons. The highest BCUT2D eigenvalue weighted by atomic mass is 32.2. The number of carbonyl (C=O) groups excluding carboxylic acids is 1. The second-order valence-electron chi connectivity index (χ2n) is 2.62. The van der Waals surface area contributed by atoms with Crippen LogP contribution < -0.4 is 0 Å². The van der Waals surface area contributed by atoms with E-state index in [1.165, 1.54) is 6.92 Å². The van der Waals surface area contributed by atoms with E-state index in [0.29, 0.717) is 6.61 Å². The summed E-state index contributed by atoms with van der Waals surface area (Å²) in [4.78, 5) is 10.3. The van der Waals surface area contributed by atoms with Crippen molar-refractivity contribution in [2.24, 2.45) is 0 Å². The van der Waals surface area contributed by atoms with E-state index in [1.54, 1.807) is 26.5 Å². The maximum Gasteiger partial charge on any atom is 0.302 e. The van der Waals surface area contributed by atoms with E-state index >= 15 is 0 Å². The van der Waals surface area contributed by atoms with Crippen molar-refractivity contribution in [2.45, 2.75) is 20.0 Å². The summed E-state index contributed by atoms with van der Waals surface area (Å²) < 4.78 is 19.0. The monoisotopic (exact) mass is 210 g/mol. The molecule has 1 unspecified atom stereocenters. The minimum absolute atomic E-state index is 0.132. The lowest BCUT2D eigenvalue weighted by Gasteiger charge is -2.08. The lowest BCUT2D eigenvalue weighted by molar-refractivity contribution is -0.147. The molecule has 5 heteroatoms. The maximum atomic E-state index is 10.3. The summed E-state index contributed by atoms with van der Waals surface area (Å²) in [6, 6.07) is 0. The van der Waals surface area contributed by atoms with Crippen LogP contribution in [0.4, 0.5) is 0 Å².